The maximum Gasteiger partial charge on any atom is 0.337 e. The Bertz CT molecular complexity index is 656. The van der Waals surface area contributed by atoms with Crippen molar-refractivity contribution in [2.75, 3.05) is 5.32 Å². The van der Waals surface area contributed by atoms with E-state index >= 15 is 0 Å². The molecule has 0 saturated heterocycles. The van der Waals surface area contributed by atoms with Crippen molar-refractivity contribution in [2.45, 2.75) is 0 Å². The molecule has 2 N–H and O–H groups in total. The molecule has 0 aliphatic carbocycles. The number of thiophene rings is 1. The maximum absolute atomic E-state index is 13.6. The molecule has 2 rings (SSSR count). The first-order chi connectivity index (χ1) is 8.99. The van der Waals surface area contributed by atoms with Gasteiger partial charge >= 0.3 is 5.97 Å². The molecule has 0 radical (unpaired) electrons. The summed E-state index contributed by atoms with van der Waals surface area (Å²) in [5, 5.41) is 12.8. The number of benzene rings is 1. The second-order valence-electron chi connectivity index (χ2n) is 3.56. The van der Waals surface area contributed by atoms with Gasteiger partial charge in [0.2, 0.25) is 0 Å². The number of nitrogens with one attached hydrogen (secondary N) is 1. The highest BCUT2D eigenvalue weighted by molar-refractivity contribution is 9.11. The third-order valence-corrected chi connectivity index (χ3v) is 3.82. The molecule has 1 amide bonds. The zero-order valence-corrected chi connectivity index (χ0v) is 11.7. The summed E-state index contributed by atoms with van der Waals surface area (Å²) in [4.78, 5) is 22.8. The molecule has 1 aromatic carbocycles. The molecule has 0 bridgehead atoms. The molecule has 1 aromatic heterocycles. The number of carboxylic acids is 1. The quantitative estimate of drug-likeness (QED) is 0.894. The largest absolute Gasteiger partial charge is 0.478 e. The lowest BCUT2D eigenvalue weighted by molar-refractivity contribution is 0.0697. The molecule has 0 aliphatic rings. The lowest BCUT2D eigenvalue weighted by Crippen LogP contribution is -2.15. The van der Waals surface area contributed by atoms with E-state index in [0.29, 0.717) is 5.56 Å². The summed E-state index contributed by atoms with van der Waals surface area (Å²) in [6, 6.07) is 5.16. The van der Waals surface area contributed by atoms with Gasteiger partial charge in [0, 0.05) is 5.38 Å². The van der Waals surface area contributed by atoms with E-state index < -0.39 is 17.7 Å². The Morgan fingerprint density at radius 1 is 1.37 bits per heavy atom. The lowest BCUT2D eigenvalue weighted by atomic mass is 10.1. The Morgan fingerprint density at radius 2 is 2.11 bits per heavy atom. The summed E-state index contributed by atoms with van der Waals surface area (Å²) >= 11 is 4.51. The Morgan fingerprint density at radius 3 is 2.68 bits per heavy atom. The summed E-state index contributed by atoms with van der Waals surface area (Å²) < 4.78 is 14.4. The van der Waals surface area contributed by atoms with E-state index in [1.54, 1.807) is 11.4 Å². The molecule has 0 atom stereocenters. The third kappa shape index (κ3) is 2.99. The number of hydrogen-bond acceptors (Lipinski definition) is 3. The van der Waals surface area contributed by atoms with E-state index in [2.05, 4.69) is 21.2 Å². The van der Waals surface area contributed by atoms with Gasteiger partial charge in [0.1, 0.15) is 5.82 Å². The van der Waals surface area contributed by atoms with Crippen molar-refractivity contribution >= 4 is 44.8 Å². The summed E-state index contributed by atoms with van der Waals surface area (Å²) in [5.41, 5.74) is -0.290. The lowest BCUT2D eigenvalue weighted by Gasteiger charge is -2.08. The van der Waals surface area contributed by atoms with Crippen molar-refractivity contribution in [3.05, 3.63) is 50.4 Å². The van der Waals surface area contributed by atoms with Crippen molar-refractivity contribution < 1.29 is 19.1 Å². The summed E-state index contributed by atoms with van der Waals surface area (Å²) in [6.07, 6.45) is 0. The van der Waals surface area contributed by atoms with Gasteiger partial charge in [-0.2, -0.15) is 0 Å². The Labute approximate surface area is 120 Å². The van der Waals surface area contributed by atoms with Gasteiger partial charge in [0.05, 0.1) is 20.6 Å². The predicted molar refractivity (Wildman–Crippen MR) is 73.3 cm³/mol. The second kappa shape index (κ2) is 5.50. The average Bonchev–Trinajstić information content (AvgIpc) is 2.78. The Hall–Kier alpha value is -1.73. The summed E-state index contributed by atoms with van der Waals surface area (Å²) in [5.74, 6) is -2.65. The molecule has 0 saturated carbocycles. The third-order valence-electron chi connectivity index (χ3n) is 2.31. The first-order valence-corrected chi connectivity index (χ1v) is 6.73. The van der Waals surface area contributed by atoms with Gasteiger partial charge in [-0.15, -0.1) is 11.3 Å². The molecule has 2 aromatic rings. The topological polar surface area (TPSA) is 66.4 Å². The number of carboxylic acid groups (broad SMARTS) is 1. The molecular weight excluding hydrogens is 337 g/mol. The van der Waals surface area contributed by atoms with Gasteiger partial charge in [-0.1, -0.05) is 6.07 Å². The number of rotatable bonds is 3. The molecule has 0 fully saturated rings. The standard InChI is InChI=1S/C12H7BrFNO3S/c13-9-4-6(5-19-9)11(16)15-10-7(12(17)18)2-1-3-8(10)14/h1-5H,(H,15,16)(H,17,18). The van der Waals surface area contributed by atoms with Crippen LogP contribution in [-0.4, -0.2) is 17.0 Å². The van der Waals surface area contributed by atoms with Crippen LogP contribution in [0.5, 0.6) is 0 Å². The smallest absolute Gasteiger partial charge is 0.337 e. The number of amides is 1. The summed E-state index contributed by atoms with van der Waals surface area (Å²) in [6.45, 7) is 0. The maximum atomic E-state index is 13.6. The van der Waals surface area contributed by atoms with Crippen LogP contribution in [0.1, 0.15) is 20.7 Å². The molecule has 1 heterocycles. The van der Waals surface area contributed by atoms with Gasteiger partial charge in [0.15, 0.2) is 0 Å². The first kappa shape index (κ1) is 13.7. The average molecular weight is 344 g/mol. The highest BCUT2D eigenvalue weighted by Gasteiger charge is 2.17. The molecule has 4 nitrogen and oxygen atoms in total. The van der Waals surface area contributed by atoms with Crippen LogP contribution in [0.4, 0.5) is 10.1 Å². The van der Waals surface area contributed by atoms with Crippen LogP contribution in [0.2, 0.25) is 0 Å². The zero-order chi connectivity index (χ0) is 14.0. The van der Waals surface area contributed by atoms with Crippen molar-refractivity contribution in [3.8, 4) is 0 Å². The fraction of sp³-hybridized carbons (Fsp3) is 0. The van der Waals surface area contributed by atoms with E-state index in [9.17, 15) is 14.0 Å². The van der Waals surface area contributed by atoms with E-state index in [-0.39, 0.29) is 11.3 Å². The van der Waals surface area contributed by atoms with Crippen LogP contribution in [0.15, 0.2) is 33.4 Å². The van der Waals surface area contributed by atoms with E-state index in [1.165, 1.54) is 23.5 Å². The Kier molecular flexibility index (Phi) is 3.96. The van der Waals surface area contributed by atoms with Crippen molar-refractivity contribution in [3.63, 3.8) is 0 Å². The minimum Gasteiger partial charge on any atom is -0.478 e. The van der Waals surface area contributed by atoms with Crippen molar-refractivity contribution in [2.24, 2.45) is 0 Å². The number of carbonyl (C=O) groups is 2. The van der Waals surface area contributed by atoms with Crippen LogP contribution >= 0.6 is 27.3 Å². The monoisotopic (exact) mass is 343 g/mol. The van der Waals surface area contributed by atoms with E-state index in [4.69, 9.17) is 5.11 Å². The zero-order valence-electron chi connectivity index (χ0n) is 9.31. The molecular formula is C12H7BrFNO3S. The van der Waals surface area contributed by atoms with Gasteiger partial charge < -0.3 is 10.4 Å². The SMILES string of the molecule is O=C(Nc1c(F)cccc1C(=O)O)c1csc(Br)c1. The molecule has 0 unspecified atom stereocenters. The summed E-state index contributed by atoms with van der Waals surface area (Å²) in [7, 11) is 0. The fourth-order valence-electron chi connectivity index (χ4n) is 1.44. The minimum atomic E-state index is -1.30. The molecule has 98 valence electrons. The Balaban J connectivity index is 2.33. The van der Waals surface area contributed by atoms with Gasteiger partial charge in [0.25, 0.3) is 5.91 Å². The fourth-order valence-corrected chi connectivity index (χ4v) is 2.58. The van der Waals surface area contributed by atoms with Crippen LogP contribution < -0.4 is 5.32 Å². The van der Waals surface area contributed by atoms with Gasteiger partial charge in [-0.25, -0.2) is 9.18 Å². The van der Waals surface area contributed by atoms with Gasteiger partial charge in [-0.05, 0) is 34.1 Å². The molecule has 7 heteroatoms. The van der Waals surface area contributed by atoms with Crippen LogP contribution in [0.25, 0.3) is 0 Å². The number of para-hydroxylation sites is 1. The van der Waals surface area contributed by atoms with Crippen LogP contribution in [-0.2, 0) is 0 Å². The molecule has 0 spiro atoms. The van der Waals surface area contributed by atoms with Crippen LogP contribution in [0, 0.1) is 5.82 Å². The normalized spacial score (nSPS) is 10.2. The van der Waals surface area contributed by atoms with Gasteiger partial charge in [-0.3, -0.25) is 4.79 Å². The highest BCUT2D eigenvalue weighted by Crippen LogP contribution is 2.24. The number of anilines is 1. The van der Waals surface area contributed by atoms with Crippen molar-refractivity contribution in [1.29, 1.82) is 0 Å². The minimum absolute atomic E-state index is 0.289. The van der Waals surface area contributed by atoms with E-state index in [1.807, 2.05) is 0 Å². The second-order valence-corrected chi connectivity index (χ2v) is 5.85. The molecule has 0 aliphatic heterocycles. The number of aromatic carboxylic acids is 1. The number of hydrogen-bond donors (Lipinski definition) is 2. The highest BCUT2D eigenvalue weighted by atomic mass is 79.9. The number of carbonyl (C=O) groups excluding carboxylic acids is 1. The molecule has 19 heavy (non-hydrogen) atoms. The van der Waals surface area contributed by atoms with E-state index in [0.717, 1.165) is 9.85 Å². The van der Waals surface area contributed by atoms with Crippen molar-refractivity contribution in [1.82, 2.24) is 0 Å². The van der Waals surface area contributed by atoms with Crippen LogP contribution in [0.3, 0.4) is 0 Å². The predicted octanol–water partition coefficient (Wildman–Crippen LogP) is 3.60. The first-order valence-electron chi connectivity index (χ1n) is 5.06. The number of halogens is 2.